The second-order valence-electron chi connectivity index (χ2n) is 7.73. The van der Waals surface area contributed by atoms with Crippen molar-refractivity contribution in [1.82, 2.24) is 10.2 Å². The molecule has 0 spiro atoms. The number of carbonyl (C=O) groups is 1. The van der Waals surface area contributed by atoms with Crippen LogP contribution in [-0.2, 0) is 10.2 Å². The minimum absolute atomic E-state index is 0.0268. The molecule has 28 heavy (non-hydrogen) atoms. The van der Waals surface area contributed by atoms with E-state index in [1.165, 1.54) is 11.3 Å². The lowest BCUT2D eigenvalue weighted by Crippen LogP contribution is -2.54. The maximum Gasteiger partial charge on any atom is 0.317 e. The van der Waals surface area contributed by atoms with Crippen LogP contribution < -0.4 is 10.2 Å². The lowest BCUT2D eigenvalue weighted by atomic mass is 9.74. The average Bonchev–Trinajstić information content (AvgIpc) is 2.79. The van der Waals surface area contributed by atoms with Gasteiger partial charge >= 0.3 is 6.03 Å². The van der Waals surface area contributed by atoms with E-state index in [0.29, 0.717) is 6.54 Å². The van der Waals surface area contributed by atoms with Crippen LogP contribution in [0.3, 0.4) is 0 Å². The third-order valence-corrected chi connectivity index (χ3v) is 6.10. The Kier molecular flexibility index (Phi) is 5.81. The zero-order valence-corrected chi connectivity index (χ0v) is 16.3. The van der Waals surface area contributed by atoms with Gasteiger partial charge in [0.15, 0.2) is 0 Å². The van der Waals surface area contributed by atoms with E-state index in [0.717, 1.165) is 52.2 Å². The number of para-hydroxylation sites is 1. The van der Waals surface area contributed by atoms with Gasteiger partial charge in [-0.05, 0) is 30.5 Å². The van der Waals surface area contributed by atoms with Crippen LogP contribution in [0.4, 0.5) is 10.5 Å². The summed E-state index contributed by atoms with van der Waals surface area (Å²) < 4.78 is 5.59. The smallest absolute Gasteiger partial charge is 0.317 e. The molecule has 1 N–H and O–H groups in total. The molecule has 2 aromatic rings. The number of amides is 2. The highest BCUT2D eigenvalue weighted by Crippen LogP contribution is 2.34. The van der Waals surface area contributed by atoms with Gasteiger partial charge < -0.3 is 19.9 Å². The first kappa shape index (κ1) is 18.8. The number of benzene rings is 2. The molecule has 2 aliphatic heterocycles. The van der Waals surface area contributed by atoms with Crippen molar-refractivity contribution in [3.63, 3.8) is 0 Å². The van der Waals surface area contributed by atoms with Crippen molar-refractivity contribution < 1.29 is 9.53 Å². The van der Waals surface area contributed by atoms with Crippen molar-refractivity contribution in [2.45, 2.75) is 18.3 Å². The minimum Gasteiger partial charge on any atom is -0.381 e. The topological polar surface area (TPSA) is 44.8 Å². The number of carbonyl (C=O) groups excluding carboxylic acids is 1. The first-order valence-electron chi connectivity index (χ1n) is 10.2. The summed E-state index contributed by atoms with van der Waals surface area (Å²) in [4.78, 5) is 17.1. The quantitative estimate of drug-likeness (QED) is 0.887. The fourth-order valence-electron chi connectivity index (χ4n) is 4.28. The van der Waals surface area contributed by atoms with E-state index in [1.54, 1.807) is 0 Å². The minimum atomic E-state index is -0.0268. The van der Waals surface area contributed by atoms with Crippen molar-refractivity contribution >= 4 is 11.7 Å². The predicted octanol–water partition coefficient (Wildman–Crippen LogP) is 3.27. The molecule has 2 heterocycles. The van der Waals surface area contributed by atoms with Gasteiger partial charge in [-0.1, -0.05) is 48.5 Å². The third kappa shape index (κ3) is 4.14. The molecule has 4 rings (SSSR count). The van der Waals surface area contributed by atoms with Gasteiger partial charge in [0.2, 0.25) is 0 Å². The molecule has 2 aliphatic rings. The normalized spacial score (nSPS) is 19.3. The van der Waals surface area contributed by atoms with Gasteiger partial charge in [0.05, 0.1) is 0 Å². The first-order chi connectivity index (χ1) is 13.8. The number of anilines is 1. The van der Waals surface area contributed by atoms with Crippen LogP contribution >= 0.6 is 0 Å². The molecule has 148 valence electrons. The van der Waals surface area contributed by atoms with Crippen molar-refractivity contribution in [3.8, 4) is 0 Å². The van der Waals surface area contributed by atoms with E-state index in [1.807, 2.05) is 17.0 Å². The number of piperazine rings is 1. The van der Waals surface area contributed by atoms with Crippen LogP contribution in [0.5, 0.6) is 0 Å². The lowest BCUT2D eigenvalue weighted by molar-refractivity contribution is 0.0501. The van der Waals surface area contributed by atoms with Gasteiger partial charge in [0.25, 0.3) is 0 Å². The van der Waals surface area contributed by atoms with Crippen molar-refractivity contribution in [1.29, 1.82) is 0 Å². The van der Waals surface area contributed by atoms with Crippen LogP contribution in [0.25, 0.3) is 0 Å². The Balaban J connectivity index is 1.34. The number of nitrogens with zero attached hydrogens (tertiary/aromatic N) is 2. The number of hydrogen-bond acceptors (Lipinski definition) is 3. The Morgan fingerprint density at radius 3 is 2.14 bits per heavy atom. The maximum atomic E-state index is 12.8. The number of ether oxygens (including phenoxy) is 1. The van der Waals surface area contributed by atoms with E-state index in [4.69, 9.17) is 4.74 Å². The summed E-state index contributed by atoms with van der Waals surface area (Å²) >= 11 is 0. The summed E-state index contributed by atoms with van der Waals surface area (Å²) in [6.07, 6.45) is 1.89. The molecule has 0 unspecified atom stereocenters. The van der Waals surface area contributed by atoms with Crippen LogP contribution in [-0.4, -0.2) is 56.9 Å². The number of rotatable bonds is 4. The Morgan fingerprint density at radius 1 is 0.893 bits per heavy atom. The zero-order chi connectivity index (χ0) is 19.2. The Labute approximate surface area is 167 Å². The molecule has 0 saturated carbocycles. The summed E-state index contributed by atoms with van der Waals surface area (Å²) in [7, 11) is 0. The highest BCUT2D eigenvalue weighted by molar-refractivity contribution is 5.74. The standard InChI is InChI=1S/C23H29N3O2/c27-22(26-15-13-25(14-16-26)21-9-5-2-6-10-21)24-19-23(11-17-28-18-12-23)20-7-3-1-4-8-20/h1-10H,11-19H2,(H,24,27). The molecule has 0 bridgehead atoms. The van der Waals surface area contributed by atoms with Crippen LogP contribution in [0.15, 0.2) is 60.7 Å². The van der Waals surface area contributed by atoms with Crippen molar-refractivity contribution in [2.24, 2.45) is 0 Å². The number of hydrogen-bond donors (Lipinski definition) is 1. The molecular weight excluding hydrogens is 350 g/mol. The molecular formula is C23H29N3O2. The van der Waals surface area contributed by atoms with E-state index >= 15 is 0 Å². The summed E-state index contributed by atoms with van der Waals surface area (Å²) in [5, 5.41) is 3.23. The molecule has 0 radical (unpaired) electrons. The largest absolute Gasteiger partial charge is 0.381 e. The summed E-state index contributed by atoms with van der Waals surface area (Å²) in [6.45, 7) is 5.41. The highest BCUT2D eigenvalue weighted by atomic mass is 16.5. The molecule has 5 heteroatoms. The second kappa shape index (κ2) is 8.65. The maximum absolute atomic E-state index is 12.8. The van der Waals surface area contributed by atoms with E-state index in [9.17, 15) is 4.79 Å². The predicted molar refractivity (Wildman–Crippen MR) is 112 cm³/mol. The highest BCUT2D eigenvalue weighted by Gasteiger charge is 2.35. The molecule has 2 aromatic carbocycles. The zero-order valence-electron chi connectivity index (χ0n) is 16.3. The van der Waals surface area contributed by atoms with Gasteiger partial charge in [0.1, 0.15) is 0 Å². The van der Waals surface area contributed by atoms with E-state index in [-0.39, 0.29) is 11.4 Å². The molecule has 2 saturated heterocycles. The molecule has 0 aromatic heterocycles. The molecule has 0 atom stereocenters. The SMILES string of the molecule is O=C(NCC1(c2ccccc2)CCOCC1)N1CCN(c2ccccc2)CC1. The monoisotopic (exact) mass is 379 g/mol. The third-order valence-electron chi connectivity index (χ3n) is 6.10. The van der Waals surface area contributed by atoms with Crippen LogP contribution in [0.2, 0.25) is 0 Å². The Morgan fingerprint density at radius 2 is 1.50 bits per heavy atom. The second-order valence-corrected chi connectivity index (χ2v) is 7.73. The van der Waals surface area contributed by atoms with Crippen LogP contribution in [0, 0.1) is 0 Å². The van der Waals surface area contributed by atoms with Crippen molar-refractivity contribution in [3.05, 3.63) is 66.2 Å². The molecule has 2 amide bonds. The number of urea groups is 1. The Hall–Kier alpha value is -2.53. The van der Waals surface area contributed by atoms with Gasteiger partial charge in [-0.15, -0.1) is 0 Å². The molecule has 2 fully saturated rings. The lowest BCUT2D eigenvalue weighted by Gasteiger charge is -2.40. The van der Waals surface area contributed by atoms with E-state index in [2.05, 4.69) is 58.7 Å². The van der Waals surface area contributed by atoms with Gasteiger partial charge in [0, 0.05) is 57.0 Å². The first-order valence-corrected chi connectivity index (χ1v) is 10.2. The summed E-state index contributed by atoms with van der Waals surface area (Å²) in [5.41, 5.74) is 2.50. The average molecular weight is 380 g/mol. The Bertz CT molecular complexity index is 752. The van der Waals surface area contributed by atoms with Crippen LogP contribution in [0.1, 0.15) is 18.4 Å². The van der Waals surface area contributed by atoms with Crippen molar-refractivity contribution in [2.75, 3.05) is 50.8 Å². The molecule has 0 aliphatic carbocycles. The fraction of sp³-hybridized carbons (Fsp3) is 0.435. The van der Waals surface area contributed by atoms with E-state index < -0.39 is 0 Å². The number of nitrogens with one attached hydrogen (secondary N) is 1. The van der Waals surface area contributed by atoms with Gasteiger partial charge in [-0.2, -0.15) is 0 Å². The van der Waals surface area contributed by atoms with Gasteiger partial charge in [-0.3, -0.25) is 0 Å². The summed E-state index contributed by atoms with van der Waals surface area (Å²) in [6, 6.07) is 21.0. The fourth-order valence-corrected chi connectivity index (χ4v) is 4.28. The summed E-state index contributed by atoms with van der Waals surface area (Å²) in [5.74, 6) is 0. The molecule has 5 nitrogen and oxygen atoms in total. The van der Waals surface area contributed by atoms with Gasteiger partial charge in [-0.25, -0.2) is 4.79 Å².